The number of benzene rings is 1. The zero-order valence-electron chi connectivity index (χ0n) is 8.80. The van der Waals surface area contributed by atoms with Gasteiger partial charge < -0.3 is 0 Å². The molecule has 15 heavy (non-hydrogen) atoms. The molecule has 0 radical (unpaired) electrons. The highest BCUT2D eigenvalue weighted by atomic mass is 79.9. The van der Waals surface area contributed by atoms with E-state index < -0.39 is 0 Å². The average molecular weight is 330 g/mol. The summed E-state index contributed by atoms with van der Waals surface area (Å²) < 4.78 is 0.790. The van der Waals surface area contributed by atoms with Gasteiger partial charge in [0.05, 0.1) is 10.0 Å². The van der Waals surface area contributed by atoms with Crippen molar-refractivity contribution in [3.05, 3.63) is 31.7 Å². The molecule has 0 fully saturated rings. The molecule has 0 bridgehead atoms. The third-order valence-electron chi connectivity index (χ3n) is 2.14. The lowest BCUT2D eigenvalue weighted by atomic mass is 9.84. The molecule has 0 spiro atoms. The molecule has 0 nitrogen and oxygen atoms in total. The van der Waals surface area contributed by atoms with Gasteiger partial charge >= 0.3 is 0 Å². The van der Waals surface area contributed by atoms with E-state index in [1.165, 1.54) is 0 Å². The molecule has 0 heterocycles. The summed E-state index contributed by atoms with van der Waals surface area (Å²) in [6, 6.07) is 1.93. The lowest BCUT2D eigenvalue weighted by Gasteiger charge is -2.25. The first kappa shape index (κ1) is 13.6. The Balaban J connectivity index is 3.55. The molecule has 0 saturated heterocycles. The molecule has 0 unspecified atom stereocenters. The van der Waals surface area contributed by atoms with E-state index in [1.54, 1.807) is 0 Å². The molecule has 1 rings (SSSR count). The van der Waals surface area contributed by atoms with Gasteiger partial charge in [0.25, 0.3) is 0 Å². The van der Waals surface area contributed by atoms with Gasteiger partial charge in [0.15, 0.2) is 0 Å². The smallest absolute Gasteiger partial charge is 0.0737 e. The van der Waals surface area contributed by atoms with Crippen LogP contribution in [0.5, 0.6) is 0 Å². The molecule has 1 aromatic carbocycles. The van der Waals surface area contributed by atoms with Gasteiger partial charge in [-0.05, 0) is 38.5 Å². The van der Waals surface area contributed by atoms with Crippen molar-refractivity contribution in [2.75, 3.05) is 0 Å². The Kier molecular flexibility index (Phi) is 4.39. The van der Waals surface area contributed by atoms with Crippen molar-refractivity contribution in [1.82, 2.24) is 0 Å². The first-order valence-corrected chi connectivity index (χ1v) is 6.60. The lowest BCUT2D eigenvalue weighted by molar-refractivity contribution is 0.585. The summed E-state index contributed by atoms with van der Waals surface area (Å²) in [6.45, 7) is 6.28. The van der Waals surface area contributed by atoms with E-state index in [9.17, 15) is 0 Å². The quantitative estimate of drug-likeness (QED) is 0.451. The Morgan fingerprint density at radius 1 is 1.20 bits per heavy atom. The van der Waals surface area contributed by atoms with Gasteiger partial charge in [-0.3, -0.25) is 0 Å². The molecular formula is C11H12BrCl3. The van der Waals surface area contributed by atoms with Gasteiger partial charge in [0.1, 0.15) is 0 Å². The van der Waals surface area contributed by atoms with E-state index in [4.69, 9.17) is 34.8 Å². The van der Waals surface area contributed by atoms with Gasteiger partial charge in [-0.15, -0.1) is 11.6 Å². The fraction of sp³-hybridized carbons (Fsp3) is 0.455. The molecule has 4 heteroatoms. The van der Waals surface area contributed by atoms with Crippen LogP contribution < -0.4 is 0 Å². The highest BCUT2D eigenvalue weighted by Crippen LogP contribution is 2.41. The Morgan fingerprint density at radius 2 is 1.73 bits per heavy atom. The number of hydrogen-bond donors (Lipinski definition) is 0. The lowest BCUT2D eigenvalue weighted by Crippen LogP contribution is -2.15. The second-order valence-corrected chi connectivity index (χ2v) is 6.28. The van der Waals surface area contributed by atoms with E-state index in [2.05, 4.69) is 36.7 Å². The summed E-state index contributed by atoms with van der Waals surface area (Å²) in [7, 11) is 0. The summed E-state index contributed by atoms with van der Waals surface area (Å²) >= 11 is 21.6. The normalized spacial score (nSPS) is 11.9. The van der Waals surface area contributed by atoms with Crippen LogP contribution in [0, 0.1) is 0 Å². The largest absolute Gasteiger partial charge is 0.122 e. The molecule has 0 aliphatic rings. The topological polar surface area (TPSA) is 0 Å². The Morgan fingerprint density at radius 3 is 2.13 bits per heavy atom. The second kappa shape index (κ2) is 4.83. The Labute approximate surface area is 114 Å². The summed E-state index contributed by atoms with van der Waals surface area (Å²) in [5.41, 5.74) is 1.98. The van der Waals surface area contributed by atoms with Crippen LogP contribution in [0.2, 0.25) is 10.0 Å². The highest BCUT2D eigenvalue weighted by molar-refractivity contribution is 9.10. The molecule has 0 amide bonds. The maximum Gasteiger partial charge on any atom is 0.0737 e. The fourth-order valence-electron chi connectivity index (χ4n) is 1.56. The van der Waals surface area contributed by atoms with E-state index in [0.717, 1.165) is 15.6 Å². The van der Waals surface area contributed by atoms with Crippen LogP contribution >= 0.6 is 50.7 Å². The molecule has 0 aliphatic carbocycles. The van der Waals surface area contributed by atoms with Crippen molar-refractivity contribution in [3.63, 3.8) is 0 Å². The van der Waals surface area contributed by atoms with Crippen LogP contribution in [-0.2, 0) is 11.3 Å². The molecule has 1 aromatic rings. The maximum absolute atomic E-state index is 6.25. The van der Waals surface area contributed by atoms with Crippen LogP contribution in [0.3, 0.4) is 0 Å². The molecule has 0 atom stereocenters. The SMILES string of the molecule is CC(C)(C)c1c(CCl)cc(Br)c(Cl)c1Cl. The fourth-order valence-corrected chi connectivity index (χ4v) is 3.02. The van der Waals surface area contributed by atoms with Gasteiger partial charge in [-0.1, -0.05) is 44.0 Å². The van der Waals surface area contributed by atoms with Crippen molar-refractivity contribution in [1.29, 1.82) is 0 Å². The summed E-state index contributed by atoms with van der Waals surface area (Å²) in [6.07, 6.45) is 0. The standard InChI is InChI=1S/C11H12BrCl3/c1-11(2,3)8-6(5-13)4-7(12)9(14)10(8)15/h4H,5H2,1-3H3. The van der Waals surface area contributed by atoms with Gasteiger partial charge in [-0.25, -0.2) is 0 Å². The minimum Gasteiger partial charge on any atom is -0.122 e. The third kappa shape index (κ3) is 2.82. The van der Waals surface area contributed by atoms with Gasteiger partial charge in [-0.2, -0.15) is 0 Å². The minimum absolute atomic E-state index is 0.0638. The van der Waals surface area contributed by atoms with Gasteiger partial charge in [0.2, 0.25) is 0 Å². The molecule has 0 aromatic heterocycles. The van der Waals surface area contributed by atoms with Crippen LogP contribution in [-0.4, -0.2) is 0 Å². The maximum atomic E-state index is 6.25. The van der Waals surface area contributed by atoms with Gasteiger partial charge in [0, 0.05) is 10.4 Å². The van der Waals surface area contributed by atoms with Crippen molar-refractivity contribution >= 4 is 50.7 Å². The van der Waals surface area contributed by atoms with Crippen molar-refractivity contribution in [2.45, 2.75) is 32.1 Å². The molecule has 0 N–H and O–H groups in total. The minimum atomic E-state index is -0.0638. The molecule has 84 valence electrons. The molecule has 0 aliphatic heterocycles. The van der Waals surface area contributed by atoms with Crippen LogP contribution in [0.1, 0.15) is 31.9 Å². The second-order valence-electron chi connectivity index (χ2n) is 4.40. The number of hydrogen-bond acceptors (Lipinski definition) is 0. The highest BCUT2D eigenvalue weighted by Gasteiger charge is 2.24. The zero-order chi connectivity index (χ0) is 11.8. The summed E-state index contributed by atoms with van der Waals surface area (Å²) in [5.74, 6) is 0.433. The molecular weight excluding hydrogens is 318 g/mol. The Hall–Kier alpha value is 0.570. The monoisotopic (exact) mass is 328 g/mol. The first-order chi connectivity index (χ1) is 6.79. The third-order valence-corrected chi connectivity index (χ3v) is 4.15. The van der Waals surface area contributed by atoms with Crippen molar-refractivity contribution < 1.29 is 0 Å². The predicted molar refractivity (Wildman–Crippen MR) is 72.4 cm³/mol. The van der Waals surface area contributed by atoms with E-state index in [0.29, 0.717) is 15.9 Å². The number of alkyl halides is 1. The van der Waals surface area contributed by atoms with Crippen LogP contribution in [0.25, 0.3) is 0 Å². The van der Waals surface area contributed by atoms with Crippen molar-refractivity contribution in [2.24, 2.45) is 0 Å². The predicted octanol–water partition coefficient (Wildman–Crippen LogP) is 5.79. The van der Waals surface area contributed by atoms with Crippen LogP contribution in [0.15, 0.2) is 10.5 Å². The van der Waals surface area contributed by atoms with E-state index >= 15 is 0 Å². The molecule has 0 saturated carbocycles. The number of halogens is 4. The van der Waals surface area contributed by atoms with Crippen LogP contribution in [0.4, 0.5) is 0 Å². The van der Waals surface area contributed by atoms with E-state index in [1.807, 2.05) is 6.07 Å². The number of rotatable bonds is 1. The van der Waals surface area contributed by atoms with E-state index in [-0.39, 0.29) is 5.41 Å². The average Bonchev–Trinajstić information content (AvgIpc) is 2.11. The van der Waals surface area contributed by atoms with Crippen molar-refractivity contribution in [3.8, 4) is 0 Å². The summed E-state index contributed by atoms with van der Waals surface area (Å²) in [5, 5.41) is 1.14. The summed E-state index contributed by atoms with van der Waals surface area (Å²) in [4.78, 5) is 0. The Bertz CT molecular complexity index is 380. The zero-order valence-corrected chi connectivity index (χ0v) is 12.7. The first-order valence-electron chi connectivity index (χ1n) is 4.52.